The predicted molar refractivity (Wildman–Crippen MR) is 70.0 cm³/mol. The van der Waals surface area contributed by atoms with E-state index in [1.165, 1.54) is 4.57 Å². The Morgan fingerprint density at radius 1 is 1.38 bits per heavy atom. The number of carbonyl (C=O) groups is 1. The molecule has 0 aliphatic carbocycles. The highest BCUT2D eigenvalue weighted by Gasteiger charge is 2.24. The first-order valence-corrected chi connectivity index (χ1v) is 7.48. The molecule has 0 atom stereocenters. The average Bonchev–Trinajstić information content (AvgIpc) is 2.70. The third-order valence-electron chi connectivity index (χ3n) is 3.02. The van der Waals surface area contributed by atoms with Gasteiger partial charge in [-0.2, -0.15) is 0 Å². The van der Waals surface area contributed by atoms with E-state index < -0.39 is 32.3 Å². The van der Waals surface area contributed by atoms with Gasteiger partial charge in [0.25, 0.3) is 0 Å². The lowest BCUT2D eigenvalue weighted by molar-refractivity contribution is 0.0696. The molecule has 0 radical (unpaired) electrons. The Bertz CT molecular complexity index is 814. The zero-order valence-electron chi connectivity index (χ0n) is 11.2. The Morgan fingerprint density at radius 3 is 2.57 bits per heavy atom. The number of sulfone groups is 1. The molecule has 112 valence electrons. The van der Waals surface area contributed by atoms with E-state index in [-0.39, 0.29) is 11.4 Å². The van der Waals surface area contributed by atoms with Crippen molar-refractivity contribution in [2.75, 3.05) is 0 Å². The quantitative estimate of drug-likeness (QED) is 0.901. The van der Waals surface area contributed by atoms with Crippen LogP contribution in [0.15, 0.2) is 23.1 Å². The molecule has 7 nitrogen and oxygen atoms in total. The van der Waals surface area contributed by atoms with Crippen LogP contribution in [0.25, 0.3) is 0 Å². The lowest BCUT2D eigenvalue weighted by Gasteiger charge is -2.07. The van der Waals surface area contributed by atoms with Crippen molar-refractivity contribution in [2.45, 2.75) is 17.6 Å². The molecule has 0 aliphatic heterocycles. The molecule has 0 bridgehead atoms. The van der Waals surface area contributed by atoms with Gasteiger partial charge in [-0.25, -0.2) is 17.6 Å². The van der Waals surface area contributed by atoms with Crippen LogP contribution in [-0.4, -0.2) is 34.3 Å². The van der Waals surface area contributed by atoms with Crippen molar-refractivity contribution in [1.82, 2.24) is 14.8 Å². The van der Waals surface area contributed by atoms with E-state index in [0.29, 0.717) is 5.82 Å². The number of hydrogen-bond donors (Lipinski definition) is 1. The molecule has 1 heterocycles. The summed E-state index contributed by atoms with van der Waals surface area (Å²) in [5.41, 5.74) is -0.302. The van der Waals surface area contributed by atoms with Crippen molar-refractivity contribution in [2.24, 2.45) is 7.05 Å². The number of benzene rings is 1. The summed E-state index contributed by atoms with van der Waals surface area (Å²) in [6.07, 6.45) is 0. The SMILES string of the molecule is Cc1nnc(CS(=O)(=O)c2cc(C(=O)O)ccc2F)n1C. The highest BCUT2D eigenvalue weighted by atomic mass is 32.2. The summed E-state index contributed by atoms with van der Waals surface area (Å²) < 4.78 is 39.7. The third kappa shape index (κ3) is 2.92. The summed E-state index contributed by atoms with van der Waals surface area (Å²) in [7, 11) is -2.48. The molecule has 0 amide bonds. The minimum Gasteiger partial charge on any atom is -0.478 e. The van der Waals surface area contributed by atoms with E-state index in [2.05, 4.69) is 10.2 Å². The predicted octanol–water partition coefficient (Wildman–Crippen LogP) is 0.935. The maximum atomic E-state index is 13.7. The normalized spacial score (nSPS) is 11.6. The minimum absolute atomic E-state index is 0.146. The summed E-state index contributed by atoms with van der Waals surface area (Å²) in [6.45, 7) is 1.65. The van der Waals surface area contributed by atoms with E-state index in [0.717, 1.165) is 18.2 Å². The highest BCUT2D eigenvalue weighted by Crippen LogP contribution is 2.20. The van der Waals surface area contributed by atoms with E-state index >= 15 is 0 Å². The molecule has 1 aromatic heterocycles. The van der Waals surface area contributed by atoms with Crippen molar-refractivity contribution in [3.63, 3.8) is 0 Å². The molecular weight excluding hydrogens is 301 g/mol. The van der Waals surface area contributed by atoms with Gasteiger partial charge in [-0.1, -0.05) is 0 Å². The zero-order chi connectivity index (χ0) is 15.8. The Morgan fingerprint density at radius 2 is 2.05 bits per heavy atom. The highest BCUT2D eigenvalue weighted by molar-refractivity contribution is 7.90. The smallest absolute Gasteiger partial charge is 0.335 e. The first kappa shape index (κ1) is 15.1. The maximum Gasteiger partial charge on any atom is 0.335 e. The van der Waals surface area contributed by atoms with Crippen molar-refractivity contribution in [1.29, 1.82) is 0 Å². The van der Waals surface area contributed by atoms with Crippen molar-refractivity contribution < 1.29 is 22.7 Å². The van der Waals surface area contributed by atoms with Gasteiger partial charge in [-0.3, -0.25) is 0 Å². The topological polar surface area (TPSA) is 102 Å². The molecule has 0 saturated carbocycles. The molecule has 0 fully saturated rings. The zero-order valence-corrected chi connectivity index (χ0v) is 12.1. The number of nitrogens with zero attached hydrogens (tertiary/aromatic N) is 3. The molecule has 0 unspecified atom stereocenters. The van der Waals surface area contributed by atoms with Crippen LogP contribution in [0.4, 0.5) is 4.39 Å². The van der Waals surface area contributed by atoms with Gasteiger partial charge in [0.2, 0.25) is 0 Å². The number of carboxylic acid groups (broad SMARTS) is 1. The Kier molecular flexibility index (Phi) is 3.77. The largest absolute Gasteiger partial charge is 0.478 e. The van der Waals surface area contributed by atoms with E-state index in [9.17, 15) is 17.6 Å². The Labute approximate surface area is 120 Å². The van der Waals surface area contributed by atoms with Crippen LogP contribution >= 0.6 is 0 Å². The van der Waals surface area contributed by atoms with Crippen molar-refractivity contribution in [3.8, 4) is 0 Å². The lowest BCUT2D eigenvalue weighted by Crippen LogP contribution is -2.12. The first-order chi connectivity index (χ1) is 9.72. The number of carboxylic acids is 1. The molecule has 9 heteroatoms. The number of aromatic nitrogens is 3. The van der Waals surface area contributed by atoms with Gasteiger partial charge < -0.3 is 9.67 Å². The van der Waals surface area contributed by atoms with E-state index in [1.54, 1.807) is 14.0 Å². The average molecular weight is 313 g/mol. The van der Waals surface area contributed by atoms with Gasteiger partial charge >= 0.3 is 5.97 Å². The molecule has 21 heavy (non-hydrogen) atoms. The molecule has 0 saturated heterocycles. The van der Waals surface area contributed by atoms with Gasteiger partial charge in [-0.15, -0.1) is 10.2 Å². The number of aromatic carboxylic acids is 1. The number of hydrogen-bond acceptors (Lipinski definition) is 5. The summed E-state index contributed by atoms with van der Waals surface area (Å²) in [5, 5.41) is 16.3. The summed E-state index contributed by atoms with van der Waals surface area (Å²) in [6, 6.07) is 2.62. The standard InChI is InChI=1S/C12H12FN3O4S/c1-7-14-15-11(16(7)2)6-21(19,20)10-5-8(12(17)18)3-4-9(10)13/h3-5H,6H2,1-2H3,(H,17,18). The number of halogens is 1. The fourth-order valence-electron chi connectivity index (χ4n) is 1.70. The molecule has 2 aromatic rings. The number of rotatable bonds is 4. The van der Waals surface area contributed by atoms with Crippen LogP contribution in [-0.2, 0) is 22.6 Å². The summed E-state index contributed by atoms with van der Waals surface area (Å²) >= 11 is 0. The van der Waals surface area contributed by atoms with Crippen LogP contribution in [0.3, 0.4) is 0 Å². The van der Waals surface area contributed by atoms with Gasteiger partial charge in [0.15, 0.2) is 9.84 Å². The molecule has 0 aliphatic rings. The molecule has 2 rings (SSSR count). The van der Waals surface area contributed by atoms with Crippen LogP contribution < -0.4 is 0 Å². The fraction of sp³-hybridized carbons (Fsp3) is 0.250. The van der Waals surface area contributed by atoms with Crippen molar-refractivity contribution in [3.05, 3.63) is 41.2 Å². The monoisotopic (exact) mass is 313 g/mol. The Balaban J connectivity index is 2.47. The van der Waals surface area contributed by atoms with E-state index in [4.69, 9.17) is 5.11 Å². The van der Waals surface area contributed by atoms with Crippen LogP contribution in [0.2, 0.25) is 0 Å². The van der Waals surface area contributed by atoms with E-state index in [1.807, 2.05) is 0 Å². The van der Waals surface area contributed by atoms with Gasteiger partial charge in [-0.05, 0) is 25.1 Å². The molecule has 1 N–H and O–H groups in total. The molecule has 1 aromatic carbocycles. The number of aryl methyl sites for hydroxylation is 1. The van der Waals surface area contributed by atoms with Crippen LogP contribution in [0.1, 0.15) is 22.0 Å². The molecular formula is C12H12FN3O4S. The van der Waals surface area contributed by atoms with Gasteiger partial charge in [0.05, 0.1) is 5.56 Å². The second kappa shape index (κ2) is 5.24. The molecule has 0 spiro atoms. The minimum atomic E-state index is -4.07. The van der Waals surface area contributed by atoms with Gasteiger partial charge in [0.1, 0.15) is 28.1 Å². The third-order valence-corrected chi connectivity index (χ3v) is 4.64. The lowest BCUT2D eigenvalue weighted by atomic mass is 10.2. The fourth-order valence-corrected chi connectivity index (χ4v) is 3.12. The van der Waals surface area contributed by atoms with Crippen LogP contribution in [0.5, 0.6) is 0 Å². The van der Waals surface area contributed by atoms with Crippen molar-refractivity contribution >= 4 is 15.8 Å². The second-order valence-corrected chi connectivity index (χ2v) is 6.39. The van der Waals surface area contributed by atoms with Gasteiger partial charge in [0, 0.05) is 7.05 Å². The second-order valence-electron chi connectivity index (χ2n) is 4.43. The van der Waals surface area contributed by atoms with Crippen LogP contribution in [0, 0.1) is 12.7 Å². The first-order valence-electron chi connectivity index (χ1n) is 5.83. The Hall–Kier alpha value is -2.29. The summed E-state index contributed by atoms with van der Waals surface area (Å²) in [5.74, 6) is -2.24. The summed E-state index contributed by atoms with van der Waals surface area (Å²) in [4.78, 5) is 10.2. The maximum absolute atomic E-state index is 13.7.